The summed E-state index contributed by atoms with van der Waals surface area (Å²) in [6, 6.07) is 7.34. The van der Waals surface area contributed by atoms with Gasteiger partial charge in [0, 0.05) is 39.3 Å². The van der Waals surface area contributed by atoms with E-state index in [2.05, 4.69) is 20.8 Å². The van der Waals surface area contributed by atoms with E-state index in [0.717, 1.165) is 5.56 Å². The Morgan fingerprint density at radius 2 is 1.59 bits per heavy atom. The van der Waals surface area contributed by atoms with Crippen LogP contribution in [0, 0.1) is 0 Å². The number of piperazine rings is 1. The standard InChI is InChI=1S/C20H33N3O3S/c1-16(2)21(6)19(24)15-22-11-13-23(14-12-22)27(25,26)18-9-7-17(8-10-18)20(3,4)5/h7-10,16H,11-15H2,1-6H3. The molecule has 0 atom stereocenters. The van der Waals surface area contributed by atoms with Crippen LogP contribution in [0.4, 0.5) is 0 Å². The first kappa shape index (κ1) is 21.9. The largest absolute Gasteiger partial charge is 0.342 e. The molecule has 0 radical (unpaired) electrons. The first-order valence-electron chi connectivity index (χ1n) is 9.51. The second-order valence-electron chi connectivity index (χ2n) is 8.55. The van der Waals surface area contributed by atoms with Gasteiger partial charge in [0.15, 0.2) is 0 Å². The highest BCUT2D eigenvalue weighted by atomic mass is 32.2. The topological polar surface area (TPSA) is 60.9 Å². The minimum Gasteiger partial charge on any atom is -0.342 e. The zero-order valence-corrected chi connectivity index (χ0v) is 18.2. The minimum absolute atomic E-state index is 0.0103. The average molecular weight is 396 g/mol. The van der Waals surface area contributed by atoms with Gasteiger partial charge in [-0.25, -0.2) is 8.42 Å². The Hall–Kier alpha value is -1.44. The fourth-order valence-electron chi connectivity index (χ4n) is 2.99. The van der Waals surface area contributed by atoms with E-state index in [9.17, 15) is 13.2 Å². The highest BCUT2D eigenvalue weighted by Crippen LogP contribution is 2.25. The van der Waals surface area contributed by atoms with Crippen molar-refractivity contribution in [2.75, 3.05) is 39.8 Å². The molecule has 1 saturated heterocycles. The lowest BCUT2D eigenvalue weighted by molar-refractivity contribution is -0.132. The number of sulfonamides is 1. The van der Waals surface area contributed by atoms with Gasteiger partial charge < -0.3 is 4.90 Å². The van der Waals surface area contributed by atoms with E-state index < -0.39 is 10.0 Å². The molecule has 7 heteroatoms. The van der Waals surface area contributed by atoms with Gasteiger partial charge in [0.2, 0.25) is 15.9 Å². The Morgan fingerprint density at radius 3 is 2.04 bits per heavy atom. The van der Waals surface area contributed by atoms with Crippen molar-refractivity contribution >= 4 is 15.9 Å². The summed E-state index contributed by atoms with van der Waals surface area (Å²) in [5, 5.41) is 0. The minimum atomic E-state index is -3.49. The number of likely N-dealkylation sites (N-methyl/N-ethyl adjacent to an activating group) is 1. The van der Waals surface area contributed by atoms with E-state index in [1.165, 1.54) is 4.31 Å². The summed E-state index contributed by atoms with van der Waals surface area (Å²) in [4.78, 5) is 16.3. The third kappa shape index (κ3) is 5.30. The van der Waals surface area contributed by atoms with Crippen LogP contribution in [0.25, 0.3) is 0 Å². The van der Waals surface area contributed by atoms with Gasteiger partial charge in [-0.2, -0.15) is 4.31 Å². The molecule has 0 spiro atoms. The molecule has 2 rings (SSSR count). The molecule has 1 aliphatic rings. The molecule has 0 aromatic heterocycles. The molecule has 1 heterocycles. The van der Waals surface area contributed by atoms with Gasteiger partial charge in [-0.15, -0.1) is 0 Å². The molecule has 1 amide bonds. The van der Waals surface area contributed by atoms with Crippen LogP contribution >= 0.6 is 0 Å². The first-order valence-corrected chi connectivity index (χ1v) is 11.0. The molecular weight excluding hydrogens is 362 g/mol. The number of carbonyl (C=O) groups excluding carboxylic acids is 1. The molecule has 0 aliphatic carbocycles. The van der Waals surface area contributed by atoms with Gasteiger partial charge in [0.1, 0.15) is 0 Å². The quantitative estimate of drug-likeness (QED) is 0.767. The molecule has 0 saturated carbocycles. The highest BCUT2D eigenvalue weighted by molar-refractivity contribution is 7.89. The van der Waals surface area contributed by atoms with Crippen LogP contribution in [0.1, 0.15) is 40.2 Å². The monoisotopic (exact) mass is 395 g/mol. The Labute approximate surface area is 164 Å². The van der Waals surface area contributed by atoms with Gasteiger partial charge in [-0.3, -0.25) is 9.69 Å². The van der Waals surface area contributed by atoms with Gasteiger partial charge >= 0.3 is 0 Å². The van der Waals surface area contributed by atoms with E-state index in [4.69, 9.17) is 0 Å². The van der Waals surface area contributed by atoms with E-state index in [0.29, 0.717) is 37.6 Å². The Bertz CT molecular complexity index is 744. The van der Waals surface area contributed by atoms with Gasteiger partial charge in [-0.05, 0) is 37.0 Å². The lowest BCUT2D eigenvalue weighted by atomic mass is 9.87. The van der Waals surface area contributed by atoms with Crippen LogP contribution in [0.2, 0.25) is 0 Å². The van der Waals surface area contributed by atoms with Crippen LogP contribution in [-0.4, -0.2) is 74.2 Å². The third-order valence-corrected chi connectivity index (χ3v) is 7.13. The second-order valence-corrected chi connectivity index (χ2v) is 10.5. The molecular formula is C20H33N3O3S. The van der Waals surface area contributed by atoms with E-state index in [-0.39, 0.29) is 17.4 Å². The maximum atomic E-state index is 12.9. The van der Waals surface area contributed by atoms with E-state index in [1.807, 2.05) is 30.9 Å². The van der Waals surface area contributed by atoms with Crippen molar-refractivity contribution in [1.82, 2.24) is 14.1 Å². The van der Waals surface area contributed by atoms with Crippen molar-refractivity contribution < 1.29 is 13.2 Å². The first-order chi connectivity index (χ1) is 12.4. The maximum Gasteiger partial charge on any atom is 0.243 e. The molecule has 0 N–H and O–H groups in total. The normalized spacial score (nSPS) is 17.3. The zero-order chi connectivity index (χ0) is 20.4. The SMILES string of the molecule is CC(C)N(C)C(=O)CN1CCN(S(=O)(=O)c2ccc(C(C)(C)C)cc2)CC1. The van der Waals surface area contributed by atoms with E-state index in [1.54, 1.807) is 24.1 Å². The van der Waals surface area contributed by atoms with Gasteiger partial charge in [0.25, 0.3) is 0 Å². The Morgan fingerprint density at radius 1 is 1.07 bits per heavy atom. The van der Waals surface area contributed by atoms with Gasteiger partial charge in [0.05, 0.1) is 11.4 Å². The molecule has 1 fully saturated rings. The molecule has 0 bridgehead atoms. The Balaban J connectivity index is 1.99. The van der Waals surface area contributed by atoms with Crippen molar-refractivity contribution in [3.8, 4) is 0 Å². The molecule has 1 aromatic carbocycles. The van der Waals surface area contributed by atoms with Crippen molar-refractivity contribution in [2.45, 2.75) is 51.0 Å². The van der Waals surface area contributed by atoms with Gasteiger partial charge in [-0.1, -0.05) is 32.9 Å². The molecule has 1 aromatic rings. The van der Waals surface area contributed by atoms with Crippen LogP contribution in [0.5, 0.6) is 0 Å². The summed E-state index contributed by atoms with van der Waals surface area (Å²) in [6.45, 7) is 12.6. The predicted molar refractivity (Wildman–Crippen MR) is 108 cm³/mol. The zero-order valence-electron chi connectivity index (χ0n) is 17.4. The number of nitrogens with zero attached hydrogens (tertiary/aromatic N) is 3. The summed E-state index contributed by atoms with van der Waals surface area (Å²) in [7, 11) is -1.69. The number of rotatable bonds is 5. The molecule has 6 nitrogen and oxygen atoms in total. The Kier molecular flexibility index (Phi) is 6.71. The molecule has 27 heavy (non-hydrogen) atoms. The van der Waals surface area contributed by atoms with Crippen molar-refractivity contribution in [3.05, 3.63) is 29.8 Å². The maximum absolute atomic E-state index is 12.9. The van der Waals surface area contributed by atoms with Crippen LogP contribution in [-0.2, 0) is 20.2 Å². The van der Waals surface area contributed by atoms with Crippen molar-refractivity contribution in [2.24, 2.45) is 0 Å². The van der Waals surface area contributed by atoms with E-state index >= 15 is 0 Å². The summed E-state index contributed by atoms with van der Waals surface area (Å²) in [6.07, 6.45) is 0. The summed E-state index contributed by atoms with van der Waals surface area (Å²) >= 11 is 0. The molecule has 1 aliphatic heterocycles. The number of hydrogen-bond donors (Lipinski definition) is 0. The second kappa shape index (κ2) is 8.29. The lowest BCUT2D eigenvalue weighted by Crippen LogP contribution is -2.51. The number of carbonyl (C=O) groups is 1. The highest BCUT2D eigenvalue weighted by Gasteiger charge is 2.30. The summed E-state index contributed by atoms with van der Waals surface area (Å²) in [5.41, 5.74) is 1.10. The smallest absolute Gasteiger partial charge is 0.243 e. The fraction of sp³-hybridized carbons (Fsp3) is 0.650. The fourth-order valence-corrected chi connectivity index (χ4v) is 4.42. The van der Waals surface area contributed by atoms with Crippen LogP contribution in [0.15, 0.2) is 29.2 Å². The summed E-state index contributed by atoms with van der Waals surface area (Å²) in [5.74, 6) is 0.0686. The predicted octanol–water partition coefficient (Wildman–Crippen LogP) is 2.16. The summed E-state index contributed by atoms with van der Waals surface area (Å²) < 4.78 is 27.3. The van der Waals surface area contributed by atoms with Crippen molar-refractivity contribution in [3.63, 3.8) is 0 Å². The van der Waals surface area contributed by atoms with Crippen LogP contribution < -0.4 is 0 Å². The average Bonchev–Trinajstić information content (AvgIpc) is 2.60. The number of amides is 1. The molecule has 0 unspecified atom stereocenters. The lowest BCUT2D eigenvalue weighted by Gasteiger charge is -2.34. The van der Waals surface area contributed by atoms with Crippen molar-refractivity contribution in [1.29, 1.82) is 0 Å². The third-order valence-electron chi connectivity index (χ3n) is 5.22. The van der Waals surface area contributed by atoms with Crippen LogP contribution in [0.3, 0.4) is 0 Å². The molecule has 152 valence electrons. The number of benzene rings is 1. The number of hydrogen-bond acceptors (Lipinski definition) is 4.